The molecule has 0 bridgehead atoms. The molecule has 2 unspecified atom stereocenters. The van der Waals surface area contributed by atoms with Gasteiger partial charge in [-0.1, -0.05) is 20.8 Å². The first-order valence-electron chi connectivity index (χ1n) is 7.85. The monoisotopic (exact) mass is 285 g/mol. The van der Waals surface area contributed by atoms with E-state index in [-0.39, 0.29) is 11.5 Å². The average Bonchev–Trinajstić information content (AvgIpc) is 2.90. The van der Waals surface area contributed by atoms with Crippen molar-refractivity contribution in [2.24, 2.45) is 28.4 Å². The zero-order valence-corrected chi connectivity index (χ0v) is 13.6. The molecule has 0 aromatic heterocycles. The summed E-state index contributed by atoms with van der Waals surface area (Å²) < 4.78 is 0. The first kappa shape index (κ1) is 15.7. The van der Waals surface area contributed by atoms with Gasteiger partial charge in [0.1, 0.15) is 0 Å². The minimum absolute atomic E-state index is 0.0112. The van der Waals surface area contributed by atoms with Crippen molar-refractivity contribution in [3.05, 3.63) is 0 Å². The molecule has 2 rings (SSSR count). The van der Waals surface area contributed by atoms with Crippen LogP contribution in [0.25, 0.3) is 0 Å². The third-order valence-corrected chi connectivity index (χ3v) is 6.84. The van der Waals surface area contributed by atoms with Gasteiger partial charge in [0.2, 0.25) is 0 Å². The number of thioether (sulfide) groups is 1. The fourth-order valence-corrected chi connectivity index (χ4v) is 5.27. The Morgan fingerprint density at radius 3 is 2.32 bits per heavy atom. The normalized spacial score (nSPS) is 38.4. The zero-order chi connectivity index (χ0) is 14.1. The van der Waals surface area contributed by atoms with Crippen LogP contribution in [0.3, 0.4) is 0 Å². The van der Waals surface area contributed by atoms with Crippen molar-refractivity contribution in [3.63, 3.8) is 0 Å². The van der Waals surface area contributed by atoms with Gasteiger partial charge in [-0.15, -0.1) is 0 Å². The molecule has 3 N–H and O–H groups in total. The van der Waals surface area contributed by atoms with Crippen molar-refractivity contribution in [2.45, 2.75) is 59.0 Å². The molecule has 0 spiro atoms. The lowest BCUT2D eigenvalue weighted by Crippen LogP contribution is -2.49. The summed E-state index contributed by atoms with van der Waals surface area (Å²) in [6, 6.07) is 0. The lowest BCUT2D eigenvalue weighted by molar-refractivity contribution is -0.0478. The van der Waals surface area contributed by atoms with Crippen molar-refractivity contribution in [1.82, 2.24) is 0 Å². The van der Waals surface area contributed by atoms with Crippen LogP contribution in [0.5, 0.6) is 0 Å². The summed E-state index contributed by atoms with van der Waals surface area (Å²) in [6.45, 7) is 7.69. The quantitative estimate of drug-likeness (QED) is 0.836. The second kappa shape index (κ2) is 5.95. The third kappa shape index (κ3) is 3.30. The van der Waals surface area contributed by atoms with Crippen LogP contribution in [0, 0.1) is 22.7 Å². The lowest BCUT2D eigenvalue weighted by atomic mass is 9.60. The minimum atomic E-state index is -0.173. The van der Waals surface area contributed by atoms with Crippen LogP contribution in [0.2, 0.25) is 0 Å². The molecule has 1 heterocycles. The van der Waals surface area contributed by atoms with Gasteiger partial charge in [0.25, 0.3) is 0 Å². The van der Waals surface area contributed by atoms with Crippen LogP contribution in [-0.4, -0.2) is 29.3 Å². The Bertz CT molecular complexity index is 286. The molecule has 1 saturated carbocycles. The second-order valence-corrected chi connectivity index (χ2v) is 8.93. The van der Waals surface area contributed by atoms with Crippen LogP contribution < -0.4 is 5.73 Å². The molecule has 0 aromatic rings. The summed E-state index contributed by atoms with van der Waals surface area (Å²) in [6.07, 6.45) is 5.71. The van der Waals surface area contributed by atoms with E-state index in [0.717, 1.165) is 24.5 Å². The highest BCUT2D eigenvalue weighted by atomic mass is 32.2. The molecular formula is C16H31NOS. The van der Waals surface area contributed by atoms with E-state index in [4.69, 9.17) is 5.73 Å². The van der Waals surface area contributed by atoms with Crippen molar-refractivity contribution < 1.29 is 5.11 Å². The number of aliphatic hydroxyl groups excluding tert-OH is 1. The van der Waals surface area contributed by atoms with E-state index in [1.165, 1.54) is 25.0 Å². The molecule has 2 fully saturated rings. The summed E-state index contributed by atoms with van der Waals surface area (Å²) >= 11 is 1.99. The fourth-order valence-electron chi connectivity index (χ4n) is 3.98. The van der Waals surface area contributed by atoms with Gasteiger partial charge in [-0.05, 0) is 60.9 Å². The molecule has 19 heavy (non-hydrogen) atoms. The molecular weight excluding hydrogens is 254 g/mol. The first-order chi connectivity index (χ1) is 8.89. The van der Waals surface area contributed by atoms with Crippen LogP contribution >= 0.6 is 11.8 Å². The molecule has 0 radical (unpaired) electrons. The van der Waals surface area contributed by atoms with E-state index in [9.17, 15) is 5.11 Å². The maximum atomic E-state index is 10.8. The highest BCUT2D eigenvalue weighted by Crippen LogP contribution is 2.49. The highest BCUT2D eigenvalue weighted by Gasteiger charge is 2.45. The highest BCUT2D eigenvalue weighted by molar-refractivity contribution is 7.99. The Balaban J connectivity index is 2.00. The summed E-state index contributed by atoms with van der Waals surface area (Å²) in [7, 11) is 0. The number of rotatable bonds is 3. The molecule has 1 aliphatic carbocycles. The largest absolute Gasteiger partial charge is 0.392 e. The molecule has 2 atom stereocenters. The van der Waals surface area contributed by atoms with Gasteiger partial charge in [0.05, 0.1) is 6.10 Å². The molecule has 2 nitrogen and oxygen atoms in total. The van der Waals surface area contributed by atoms with Gasteiger partial charge in [-0.2, -0.15) is 11.8 Å². The number of hydrogen-bond donors (Lipinski definition) is 2. The van der Waals surface area contributed by atoms with Crippen LogP contribution in [0.15, 0.2) is 0 Å². The number of aliphatic hydroxyl groups is 1. The Hall–Kier alpha value is 0.270. The Morgan fingerprint density at radius 1 is 1.26 bits per heavy atom. The fraction of sp³-hybridized carbons (Fsp3) is 1.00. The van der Waals surface area contributed by atoms with Gasteiger partial charge in [-0.25, -0.2) is 0 Å². The van der Waals surface area contributed by atoms with Crippen LogP contribution in [-0.2, 0) is 0 Å². The Kier molecular flexibility index (Phi) is 4.90. The van der Waals surface area contributed by atoms with Crippen molar-refractivity contribution in [3.8, 4) is 0 Å². The average molecular weight is 285 g/mol. The minimum Gasteiger partial charge on any atom is -0.392 e. The van der Waals surface area contributed by atoms with E-state index in [1.54, 1.807) is 0 Å². The van der Waals surface area contributed by atoms with E-state index < -0.39 is 0 Å². The van der Waals surface area contributed by atoms with Crippen LogP contribution in [0.4, 0.5) is 0 Å². The van der Waals surface area contributed by atoms with Gasteiger partial charge in [-0.3, -0.25) is 0 Å². The topological polar surface area (TPSA) is 46.2 Å². The standard InChI is InChI=1S/C16H31NOS/c1-15(2,3)13-4-7-16(11-17,8-5-13)14(18)12-6-9-19-10-12/h12-14,18H,4-11,17H2,1-3H3. The molecule has 1 saturated heterocycles. The summed E-state index contributed by atoms with van der Waals surface area (Å²) in [5, 5.41) is 10.8. The molecule has 112 valence electrons. The molecule has 2 aliphatic rings. The Morgan fingerprint density at radius 2 is 1.89 bits per heavy atom. The molecule has 0 aromatic carbocycles. The zero-order valence-electron chi connectivity index (χ0n) is 12.8. The van der Waals surface area contributed by atoms with E-state index in [0.29, 0.717) is 17.9 Å². The summed E-state index contributed by atoms with van der Waals surface area (Å²) in [5.74, 6) is 3.62. The number of hydrogen-bond acceptors (Lipinski definition) is 3. The Labute approximate surface area is 122 Å². The SMILES string of the molecule is CC(C)(C)C1CCC(CN)(C(O)C2CCSC2)CC1. The molecule has 3 heteroatoms. The lowest BCUT2D eigenvalue weighted by Gasteiger charge is -2.47. The van der Waals surface area contributed by atoms with E-state index in [2.05, 4.69) is 20.8 Å². The van der Waals surface area contributed by atoms with Crippen LogP contribution in [0.1, 0.15) is 52.9 Å². The smallest absolute Gasteiger partial charge is 0.0644 e. The van der Waals surface area contributed by atoms with Crippen molar-refractivity contribution in [2.75, 3.05) is 18.1 Å². The predicted molar refractivity (Wildman–Crippen MR) is 84.3 cm³/mol. The van der Waals surface area contributed by atoms with Crippen molar-refractivity contribution >= 4 is 11.8 Å². The number of nitrogens with two attached hydrogens (primary N) is 1. The summed E-state index contributed by atoms with van der Waals surface area (Å²) in [5.41, 5.74) is 6.50. The van der Waals surface area contributed by atoms with Gasteiger partial charge >= 0.3 is 0 Å². The van der Waals surface area contributed by atoms with Gasteiger partial charge < -0.3 is 10.8 Å². The van der Waals surface area contributed by atoms with Gasteiger partial charge in [0, 0.05) is 12.0 Å². The summed E-state index contributed by atoms with van der Waals surface area (Å²) in [4.78, 5) is 0. The predicted octanol–water partition coefficient (Wildman–Crippen LogP) is 3.28. The third-order valence-electron chi connectivity index (χ3n) is 5.65. The van der Waals surface area contributed by atoms with Crippen molar-refractivity contribution in [1.29, 1.82) is 0 Å². The maximum Gasteiger partial charge on any atom is 0.0644 e. The van der Waals surface area contributed by atoms with E-state index >= 15 is 0 Å². The molecule has 1 aliphatic heterocycles. The van der Waals surface area contributed by atoms with Gasteiger partial charge in [0.15, 0.2) is 0 Å². The second-order valence-electron chi connectivity index (χ2n) is 7.78. The van der Waals surface area contributed by atoms with E-state index in [1.807, 2.05) is 11.8 Å². The maximum absolute atomic E-state index is 10.8. The first-order valence-corrected chi connectivity index (χ1v) is 9.00. The molecule has 0 amide bonds.